The number of amides is 1. The van der Waals surface area contributed by atoms with Crippen molar-refractivity contribution >= 4 is 18.3 Å². The van der Waals surface area contributed by atoms with Crippen molar-refractivity contribution in [3.8, 4) is 11.1 Å². The first-order valence-corrected chi connectivity index (χ1v) is 8.06. The molecule has 1 fully saturated rings. The van der Waals surface area contributed by atoms with Crippen LogP contribution >= 0.6 is 12.4 Å². The topological polar surface area (TPSA) is 46.3 Å². The minimum absolute atomic E-state index is 0. The lowest BCUT2D eigenvalue weighted by Gasteiger charge is -2.30. The largest absolute Gasteiger partial charge is 0.337 e. The van der Waals surface area contributed by atoms with E-state index in [1.807, 2.05) is 0 Å². The Balaban J connectivity index is 0.00000225. The van der Waals surface area contributed by atoms with Gasteiger partial charge in [0.15, 0.2) is 0 Å². The van der Waals surface area contributed by atoms with Gasteiger partial charge in [-0.3, -0.25) is 4.79 Å². The van der Waals surface area contributed by atoms with Crippen molar-refractivity contribution in [2.24, 2.45) is 5.73 Å². The van der Waals surface area contributed by atoms with Crippen LogP contribution in [0, 0.1) is 18.6 Å². The Morgan fingerprint density at radius 2 is 1.88 bits per heavy atom. The summed E-state index contributed by atoms with van der Waals surface area (Å²) >= 11 is 0. The van der Waals surface area contributed by atoms with E-state index in [0.717, 1.165) is 12.8 Å². The smallest absolute Gasteiger partial charge is 0.254 e. The molecule has 25 heavy (non-hydrogen) atoms. The first kappa shape index (κ1) is 19.3. The van der Waals surface area contributed by atoms with Crippen molar-refractivity contribution in [2.45, 2.75) is 25.8 Å². The second-order valence-corrected chi connectivity index (χ2v) is 6.31. The fourth-order valence-corrected chi connectivity index (χ4v) is 3.17. The number of nitrogens with zero attached hydrogens (tertiary/aromatic N) is 1. The first-order valence-electron chi connectivity index (χ1n) is 8.06. The Labute approximate surface area is 152 Å². The summed E-state index contributed by atoms with van der Waals surface area (Å²) in [5, 5.41) is 0. The molecule has 1 aliphatic rings. The summed E-state index contributed by atoms with van der Waals surface area (Å²) in [5.41, 5.74) is 7.84. The van der Waals surface area contributed by atoms with Gasteiger partial charge in [-0.15, -0.1) is 12.4 Å². The molecule has 0 aromatic heterocycles. The second kappa shape index (κ2) is 7.93. The maximum absolute atomic E-state index is 14.5. The molecule has 2 aromatic carbocycles. The van der Waals surface area contributed by atoms with Crippen LogP contribution in [-0.2, 0) is 0 Å². The van der Waals surface area contributed by atoms with E-state index in [-0.39, 0.29) is 30.2 Å². The van der Waals surface area contributed by atoms with E-state index in [0.29, 0.717) is 35.3 Å². The SMILES string of the molecule is Cc1cc(F)ccc1-c1ccc(C(=O)N2CCCC(N)C2)cc1F.Cl. The molecule has 134 valence electrons. The average molecular weight is 367 g/mol. The van der Waals surface area contributed by atoms with Gasteiger partial charge in [-0.2, -0.15) is 0 Å². The number of benzene rings is 2. The quantitative estimate of drug-likeness (QED) is 0.875. The average Bonchev–Trinajstić information content (AvgIpc) is 2.55. The summed E-state index contributed by atoms with van der Waals surface area (Å²) in [6, 6.07) is 8.64. The van der Waals surface area contributed by atoms with Gasteiger partial charge in [-0.1, -0.05) is 12.1 Å². The van der Waals surface area contributed by atoms with Gasteiger partial charge in [0.2, 0.25) is 0 Å². The minimum atomic E-state index is -0.489. The van der Waals surface area contributed by atoms with Crippen molar-refractivity contribution < 1.29 is 13.6 Å². The monoisotopic (exact) mass is 366 g/mol. The van der Waals surface area contributed by atoms with Crippen molar-refractivity contribution in [3.63, 3.8) is 0 Å². The van der Waals surface area contributed by atoms with Gasteiger partial charge in [0.05, 0.1) is 0 Å². The number of hydrogen-bond acceptors (Lipinski definition) is 2. The Kier molecular flexibility index (Phi) is 6.14. The number of likely N-dealkylation sites (tertiary alicyclic amines) is 1. The minimum Gasteiger partial charge on any atom is -0.337 e. The van der Waals surface area contributed by atoms with Crippen molar-refractivity contribution in [1.82, 2.24) is 4.90 Å². The van der Waals surface area contributed by atoms with Gasteiger partial charge in [0.1, 0.15) is 11.6 Å². The van der Waals surface area contributed by atoms with Crippen LogP contribution in [0.4, 0.5) is 8.78 Å². The van der Waals surface area contributed by atoms with Crippen LogP contribution in [-0.4, -0.2) is 29.9 Å². The zero-order valence-corrected chi connectivity index (χ0v) is 14.8. The molecule has 3 rings (SSSR count). The zero-order valence-electron chi connectivity index (χ0n) is 14.0. The van der Waals surface area contributed by atoms with Gasteiger partial charge < -0.3 is 10.6 Å². The highest BCUT2D eigenvalue weighted by atomic mass is 35.5. The van der Waals surface area contributed by atoms with Crippen molar-refractivity contribution in [2.75, 3.05) is 13.1 Å². The van der Waals surface area contributed by atoms with Crippen molar-refractivity contribution in [3.05, 3.63) is 59.2 Å². The van der Waals surface area contributed by atoms with E-state index in [4.69, 9.17) is 5.73 Å². The Bertz CT molecular complexity index is 782. The van der Waals surface area contributed by atoms with E-state index >= 15 is 0 Å². The second-order valence-electron chi connectivity index (χ2n) is 6.31. The van der Waals surface area contributed by atoms with Crippen LogP contribution in [0.2, 0.25) is 0 Å². The number of nitrogens with two attached hydrogens (primary N) is 1. The van der Waals surface area contributed by atoms with E-state index in [1.165, 1.54) is 18.2 Å². The molecule has 3 nitrogen and oxygen atoms in total. The maximum atomic E-state index is 14.5. The van der Waals surface area contributed by atoms with Crippen LogP contribution < -0.4 is 5.73 Å². The number of carbonyl (C=O) groups excluding carboxylic acids is 1. The van der Waals surface area contributed by atoms with Crippen LogP contribution in [0.3, 0.4) is 0 Å². The van der Waals surface area contributed by atoms with Gasteiger partial charge in [0.25, 0.3) is 5.91 Å². The molecule has 1 heterocycles. The van der Waals surface area contributed by atoms with Crippen molar-refractivity contribution in [1.29, 1.82) is 0 Å². The molecule has 1 saturated heterocycles. The number of piperidine rings is 1. The van der Waals surface area contributed by atoms with E-state index in [1.54, 1.807) is 30.0 Å². The lowest BCUT2D eigenvalue weighted by atomic mass is 9.98. The van der Waals surface area contributed by atoms with Gasteiger partial charge >= 0.3 is 0 Å². The Morgan fingerprint density at radius 3 is 2.52 bits per heavy atom. The molecule has 1 aliphatic heterocycles. The molecule has 6 heteroatoms. The fourth-order valence-electron chi connectivity index (χ4n) is 3.17. The normalized spacial score (nSPS) is 17.1. The highest BCUT2D eigenvalue weighted by molar-refractivity contribution is 5.95. The summed E-state index contributed by atoms with van der Waals surface area (Å²) in [6.45, 7) is 2.87. The molecule has 0 saturated carbocycles. The van der Waals surface area contributed by atoms with Gasteiger partial charge in [-0.25, -0.2) is 8.78 Å². The summed E-state index contributed by atoms with van der Waals surface area (Å²) in [7, 11) is 0. The number of rotatable bonds is 2. The van der Waals surface area contributed by atoms with Crippen LogP contribution in [0.15, 0.2) is 36.4 Å². The van der Waals surface area contributed by atoms with E-state index in [2.05, 4.69) is 0 Å². The zero-order chi connectivity index (χ0) is 17.3. The highest BCUT2D eigenvalue weighted by Crippen LogP contribution is 2.28. The fraction of sp³-hybridized carbons (Fsp3) is 0.316. The standard InChI is InChI=1S/C19H20F2N2O.ClH/c1-12-9-14(20)5-7-16(12)17-6-4-13(10-18(17)21)19(24)23-8-2-3-15(22)11-23;/h4-7,9-10,15H,2-3,8,11,22H2,1H3;1H. The number of halogens is 3. The molecule has 0 spiro atoms. The third kappa shape index (κ3) is 4.17. The van der Waals surface area contributed by atoms with Crippen LogP contribution in [0.25, 0.3) is 11.1 Å². The molecule has 1 amide bonds. The lowest BCUT2D eigenvalue weighted by Crippen LogP contribution is -2.45. The molecule has 2 N–H and O–H groups in total. The number of hydrogen-bond donors (Lipinski definition) is 1. The number of carbonyl (C=O) groups is 1. The summed E-state index contributed by atoms with van der Waals surface area (Å²) in [6.07, 6.45) is 1.77. The predicted octanol–water partition coefficient (Wildman–Crippen LogP) is 3.93. The third-order valence-electron chi connectivity index (χ3n) is 4.44. The summed E-state index contributed by atoms with van der Waals surface area (Å²) < 4.78 is 27.7. The highest BCUT2D eigenvalue weighted by Gasteiger charge is 2.23. The van der Waals surface area contributed by atoms with E-state index < -0.39 is 5.82 Å². The maximum Gasteiger partial charge on any atom is 0.254 e. The lowest BCUT2D eigenvalue weighted by molar-refractivity contribution is 0.0708. The van der Waals surface area contributed by atoms with Gasteiger partial charge in [-0.05, 0) is 55.2 Å². The Hall–Kier alpha value is -1.98. The molecule has 2 aromatic rings. The molecule has 1 atom stereocenters. The van der Waals surface area contributed by atoms with E-state index in [9.17, 15) is 13.6 Å². The first-order chi connectivity index (χ1) is 11.5. The molecule has 1 unspecified atom stereocenters. The predicted molar refractivity (Wildman–Crippen MR) is 96.9 cm³/mol. The van der Waals surface area contributed by atoms with Crippen LogP contribution in [0.1, 0.15) is 28.8 Å². The van der Waals surface area contributed by atoms with Gasteiger partial charge in [0, 0.05) is 30.3 Å². The summed E-state index contributed by atoms with van der Waals surface area (Å²) in [4.78, 5) is 14.2. The Morgan fingerprint density at radius 1 is 1.16 bits per heavy atom. The summed E-state index contributed by atoms with van der Waals surface area (Å²) in [5.74, 6) is -1.05. The molecule has 0 radical (unpaired) electrons. The molecule has 0 aliphatic carbocycles. The molecule has 0 bridgehead atoms. The molecular formula is C19H21ClF2N2O. The van der Waals surface area contributed by atoms with Crippen LogP contribution in [0.5, 0.6) is 0 Å². The molecular weight excluding hydrogens is 346 g/mol. The number of aryl methyl sites for hydroxylation is 1. The third-order valence-corrected chi connectivity index (χ3v) is 4.44.